The largest absolute Gasteiger partial charge is 0.493 e. The summed E-state index contributed by atoms with van der Waals surface area (Å²) in [6.45, 7) is 1.59. The van der Waals surface area contributed by atoms with Crippen LogP contribution in [-0.4, -0.2) is 35.3 Å². The highest BCUT2D eigenvalue weighted by molar-refractivity contribution is 7.91. The highest BCUT2D eigenvalue weighted by Gasteiger charge is 2.18. The molecule has 1 aromatic carbocycles. The second kappa shape index (κ2) is 6.88. The number of nitrogens with one attached hydrogen (secondary N) is 2. The second-order valence-corrected chi connectivity index (χ2v) is 5.14. The van der Waals surface area contributed by atoms with Crippen LogP contribution < -0.4 is 24.7 Å². The lowest BCUT2D eigenvalue weighted by Gasteiger charge is -2.14. The second-order valence-electron chi connectivity index (χ2n) is 3.72. The van der Waals surface area contributed by atoms with Gasteiger partial charge in [0, 0.05) is 12.1 Å². The summed E-state index contributed by atoms with van der Waals surface area (Å²) in [4.78, 5) is 11.1. The Kier molecular flexibility index (Phi) is 5.47. The van der Waals surface area contributed by atoms with E-state index in [1.165, 1.54) is 26.4 Å². The molecule has 0 unspecified atom stereocenters. The molecule has 0 aliphatic heterocycles. The van der Waals surface area contributed by atoms with Crippen molar-refractivity contribution in [2.75, 3.05) is 31.3 Å². The van der Waals surface area contributed by atoms with E-state index in [9.17, 15) is 13.2 Å². The first-order valence-electron chi connectivity index (χ1n) is 5.81. The van der Waals surface area contributed by atoms with Crippen LogP contribution in [0.15, 0.2) is 12.1 Å². The summed E-state index contributed by atoms with van der Waals surface area (Å²) >= 11 is 0. The Bertz CT molecular complexity index is 617. The molecule has 1 aromatic rings. The number of methoxy groups -OCH3 is 2. The Morgan fingerprint density at radius 2 is 1.81 bits per heavy atom. The summed E-state index contributed by atoms with van der Waals surface area (Å²) in [6, 6.07) is 2.72. The van der Waals surface area contributed by atoms with Crippen molar-refractivity contribution in [3.05, 3.63) is 12.1 Å². The Hall–Kier alpha value is -2.36. The fraction of sp³-hybridized carbons (Fsp3) is 0.364. The SMILES string of the molecule is CCOC(=O)NS(=O)(=O)Nc1cc(OC)c(OC)cc1N. The molecule has 4 N–H and O–H groups in total. The van der Waals surface area contributed by atoms with Crippen LogP contribution in [0.5, 0.6) is 11.5 Å². The molecule has 118 valence electrons. The Balaban J connectivity index is 2.99. The molecule has 9 nitrogen and oxygen atoms in total. The molecular weight excluding hydrogens is 302 g/mol. The van der Waals surface area contributed by atoms with E-state index in [1.54, 1.807) is 11.6 Å². The standard InChI is InChI=1S/C11H17N3O6S/c1-4-20-11(15)14-21(16,17)13-8-6-10(19-3)9(18-2)5-7(8)12/h5-6,13H,4,12H2,1-3H3,(H,14,15). The number of nitrogens with two attached hydrogens (primary N) is 1. The molecule has 0 bridgehead atoms. The van der Waals surface area contributed by atoms with E-state index in [-0.39, 0.29) is 23.7 Å². The van der Waals surface area contributed by atoms with Crippen molar-refractivity contribution in [1.29, 1.82) is 0 Å². The number of hydrogen-bond donors (Lipinski definition) is 3. The number of benzene rings is 1. The van der Waals surface area contributed by atoms with Gasteiger partial charge < -0.3 is 19.9 Å². The number of hydrogen-bond acceptors (Lipinski definition) is 7. The van der Waals surface area contributed by atoms with Gasteiger partial charge in [0.2, 0.25) is 0 Å². The van der Waals surface area contributed by atoms with Crippen molar-refractivity contribution in [2.24, 2.45) is 0 Å². The summed E-state index contributed by atoms with van der Waals surface area (Å²) < 4.78 is 41.8. The minimum atomic E-state index is -4.17. The van der Waals surface area contributed by atoms with Crippen molar-refractivity contribution in [2.45, 2.75) is 6.92 Å². The molecule has 10 heteroatoms. The topological polar surface area (TPSA) is 129 Å². The minimum Gasteiger partial charge on any atom is -0.493 e. The van der Waals surface area contributed by atoms with Crippen LogP contribution in [-0.2, 0) is 14.9 Å². The van der Waals surface area contributed by atoms with Crippen LogP contribution in [0.4, 0.5) is 16.2 Å². The summed E-state index contributed by atoms with van der Waals surface area (Å²) in [5, 5.41) is 0. The fourth-order valence-electron chi connectivity index (χ4n) is 1.42. The van der Waals surface area contributed by atoms with Crippen molar-refractivity contribution in [1.82, 2.24) is 4.72 Å². The lowest BCUT2D eigenvalue weighted by Crippen LogP contribution is -2.35. The van der Waals surface area contributed by atoms with Crippen LogP contribution in [0.1, 0.15) is 6.92 Å². The third kappa shape index (κ3) is 4.60. The third-order valence-corrected chi connectivity index (χ3v) is 3.22. The van der Waals surface area contributed by atoms with Crippen LogP contribution >= 0.6 is 0 Å². The van der Waals surface area contributed by atoms with Gasteiger partial charge in [0.25, 0.3) is 0 Å². The van der Waals surface area contributed by atoms with Gasteiger partial charge in [0.15, 0.2) is 11.5 Å². The number of rotatable bonds is 6. The zero-order valence-corrected chi connectivity index (χ0v) is 12.6. The molecule has 0 fully saturated rings. The predicted molar refractivity (Wildman–Crippen MR) is 76.7 cm³/mol. The molecule has 1 rings (SSSR count). The summed E-state index contributed by atoms with van der Waals surface area (Å²) in [7, 11) is -1.36. The van der Waals surface area contributed by atoms with Crippen molar-refractivity contribution >= 4 is 27.7 Å². The van der Waals surface area contributed by atoms with Crippen LogP contribution in [0.2, 0.25) is 0 Å². The molecule has 0 aromatic heterocycles. The first kappa shape index (κ1) is 16.7. The lowest BCUT2D eigenvalue weighted by molar-refractivity contribution is 0.159. The molecule has 0 aliphatic rings. The fourth-order valence-corrected chi connectivity index (χ4v) is 2.22. The number of carbonyl (C=O) groups is 1. The van der Waals surface area contributed by atoms with Crippen molar-refractivity contribution in [3.8, 4) is 11.5 Å². The van der Waals surface area contributed by atoms with Crippen LogP contribution in [0.3, 0.4) is 0 Å². The zero-order chi connectivity index (χ0) is 16.0. The molecular formula is C11H17N3O6S. The lowest BCUT2D eigenvalue weighted by atomic mass is 10.2. The first-order valence-corrected chi connectivity index (χ1v) is 7.30. The summed E-state index contributed by atoms with van der Waals surface area (Å²) in [6.07, 6.45) is -1.09. The van der Waals surface area contributed by atoms with Gasteiger partial charge in [-0.15, -0.1) is 0 Å². The number of carbonyl (C=O) groups excluding carboxylic acids is 1. The zero-order valence-electron chi connectivity index (χ0n) is 11.8. The van der Waals surface area contributed by atoms with E-state index >= 15 is 0 Å². The predicted octanol–water partition coefficient (Wildman–Crippen LogP) is 0.689. The summed E-state index contributed by atoms with van der Waals surface area (Å²) in [5.41, 5.74) is 5.84. The Labute approximate surface area is 122 Å². The van der Waals surface area contributed by atoms with Crippen molar-refractivity contribution in [3.63, 3.8) is 0 Å². The van der Waals surface area contributed by atoms with Crippen LogP contribution in [0.25, 0.3) is 0 Å². The molecule has 0 saturated carbocycles. The molecule has 0 heterocycles. The molecule has 0 saturated heterocycles. The highest BCUT2D eigenvalue weighted by atomic mass is 32.2. The maximum Gasteiger partial charge on any atom is 0.422 e. The van der Waals surface area contributed by atoms with E-state index < -0.39 is 16.3 Å². The Morgan fingerprint density at radius 1 is 1.24 bits per heavy atom. The van der Waals surface area contributed by atoms with E-state index in [0.29, 0.717) is 5.75 Å². The van der Waals surface area contributed by atoms with Gasteiger partial charge in [0.1, 0.15) is 0 Å². The van der Waals surface area contributed by atoms with Gasteiger partial charge in [-0.2, -0.15) is 8.42 Å². The quantitative estimate of drug-likeness (QED) is 0.658. The summed E-state index contributed by atoms with van der Waals surface area (Å²) in [5.74, 6) is 0.622. The number of amides is 1. The Morgan fingerprint density at radius 3 is 2.33 bits per heavy atom. The van der Waals surface area contributed by atoms with Gasteiger partial charge in [-0.1, -0.05) is 0 Å². The molecule has 1 amide bonds. The smallest absolute Gasteiger partial charge is 0.422 e. The minimum absolute atomic E-state index is 0.0319. The molecule has 0 radical (unpaired) electrons. The monoisotopic (exact) mass is 319 g/mol. The molecule has 0 aliphatic carbocycles. The van der Waals surface area contributed by atoms with E-state index in [1.807, 2.05) is 0 Å². The van der Waals surface area contributed by atoms with E-state index in [2.05, 4.69) is 9.46 Å². The maximum absolute atomic E-state index is 11.7. The van der Waals surface area contributed by atoms with Gasteiger partial charge in [0.05, 0.1) is 32.2 Å². The van der Waals surface area contributed by atoms with Gasteiger partial charge in [-0.05, 0) is 6.92 Å². The molecule has 21 heavy (non-hydrogen) atoms. The molecule has 0 atom stereocenters. The van der Waals surface area contributed by atoms with E-state index in [0.717, 1.165) is 0 Å². The third-order valence-electron chi connectivity index (χ3n) is 2.29. The number of ether oxygens (including phenoxy) is 3. The average molecular weight is 319 g/mol. The number of anilines is 2. The molecule has 0 spiro atoms. The van der Waals surface area contributed by atoms with Gasteiger partial charge in [-0.3, -0.25) is 4.72 Å². The highest BCUT2D eigenvalue weighted by Crippen LogP contribution is 2.35. The van der Waals surface area contributed by atoms with Crippen molar-refractivity contribution < 1.29 is 27.4 Å². The first-order chi connectivity index (χ1) is 9.82. The van der Waals surface area contributed by atoms with Gasteiger partial charge >= 0.3 is 16.3 Å². The maximum atomic E-state index is 11.7. The normalized spacial score (nSPS) is 10.6. The number of nitrogen functional groups attached to an aromatic ring is 1. The van der Waals surface area contributed by atoms with Gasteiger partial charge in [-0.25, -0.2) is 9.52 Å². The van der Waals surface area contributed by atoms with E-state index in [4.69, 9.17) is 15.2 Å². The average Bonchev–Trinajstić information content (AvgIpc) is 2.39. The van der Waals surface area contributed by atoms with Crippen LogP contribution in [0, 0.1) is 0 Å².